The summed E-state index contributed by atoms with van der Waals surface area (Å²) in [6.45, 7) is 1.85. The minimum atomic E-state index is -4.61. The van der Waals surface area contributed by atoms with E-state index in [1.165, 1.54) is 12.1 Å². The van der Waals surface area contributed by atoms with Crippen LogP contribution in [0.3, 0.4) is 0 Å². The topological polar surface area (TPSA) is 114 Å². The van der Waals surface area contributed by atoms with Gasteiger partial charge in [-0.1, -0.05) is 36.4 Å². The minimum absolute atomic E-state index is 0.0243. The van der Waals surface area contributed by atoms with Crippen molar-refractivity contribution in [2.45, 2.75) is 11.8 Å². The second-order valence-electron chi connectivity index (χ2n) is 9.18. The number of benzene rings is 3. The molecule has 0 atom stereocenters. The molecule has 198 valence electrons. The Morgan fingerprint density at radius 3 is 2.46 bits per heavy atom. The highest BCUT2D eigenvalue weighted by Gasteiger charge is 2.33. The summed E-state index contributed by atoms with van der Waals surface area (Å²) in [7, 11) is -7.41. The normalized spacial score (nSPS) is 14.5. The van der Waals surface area contributed by atoms with Gasteiger partial charge in [-0.05, 0) is 66.4 Å². The van der Waals surface area contributed by atoms with E-state index in [9.17, 15) is 21.6 Å². The molecule has 1 aliphatic carbocycles. The average molecular weight is 560 g/mol. The highest BCUT2D eigenvalue weighted by Crippen LogP contribution is 2.29. The van der Waals surface area contributed by atoms with Gasteiger partial charge >= 0.3 is 0 Å². The lowest BCUT2D eigenvalue weighted by Gasteiger charge is -2.20. The molecule has 4 aromatic rings. The zero-order valence-corrected chi connectivity index (χ0v) is 22.9. The first-order valence-electron chi connectivity index (χ1n) is 12.1. The van der Waals surface area contributed by atoms with Crippen molar-refractivity contribution in [3.05, 3.63) is 108 Å². The fourth-order valence-corrected chi connectivity index (χ4v) is 8.23. The van der Waals surface area contributed by atoms with Crippen LogP contribution in [0.1, 0.15) is 21.6 Å². The van der Waals surface area contributed by atoms with Crippen molar-refractivity contribution in [3.63, 3.8) is 0 Å². The van der Waals surface area contributed by atoms with Crippen LogP contribution in [0.2, 0.25) is 0 Å². The van der Waals surface area contributed by atoms with Crippen LogP contribution >= 0.6 is 0 Å². The van der Waals surface area contributed by atoms with Crippen LogP contribution in [0, 0.1) is 6.92 Å². The highest BCUT2D eigenvalue weighted by atomic mass is 33.2. The Morgan fingerprint density at radius 1 is 0.897 bits per heavy atom. The number of fused-ring (bicyclic) bond motifs is 2. The fraction of sp³-hybridized carbons (Fsp3) is 0.138. The molecule has 0 saturated carbocycles. The van der Waals surface area contributed by atoms with Gasteiger partial charge in [0.25, 0.3) is 17.7 Å². The molecule has 0 spiro atoms. The van der Waals surface area contributed by atoms with Gasteiger partial charge in [0.1, 0.15) is 5.69 Å². The average Bonchev–Trinajstić information content (AvgIpc) is 2.94. The quantitative estimate of drug-likeness (QED) is 0.303. The number of nitrogens with zero attached hydrogens (tertiary/aromatic N) is 3. The Balaban J connectivity index is 1.35. The third kappa shape index (κ3) is 5.00. The van der Waals surface area contributed by atoms with Crippen LogP contribution in [-0.4, -0.2) is 52.7 Å². The number of aromatic nitrogens is 1. The van der Waals surface area contributed by atoms with Crippen molar-refractivity contribution in [1.29, 1.82) is 0 Å². The Labute approximate surface area is 226 Å². The summed E-state index contributed by atoms with van der Waals surface area (Å²) in [4.78, 5) is 22.5. The molecule has 0 bridgehead atoms. The lowest BCUT2D eigenvalue weighted by atomic mass is 9.99. The number of hydrogen-bond acceptors (Lipinski definition) is 8. The molecule has 39 heavy (non-hydrogen) atoms. The maximum Gasteiger partial charge on any atom is 0.282 e. The first-order chi connectivity index (χ1) is 18.6. The maximum atomic E-state index is 13.2. The van der Waals surface area contributed by atoms with Gasteiger partial charge in [-0.25, -0.2) is 21.8 Å². The molecular formula is C29H25N3O5S2. The highest BCUT2D eigenvalue weighted by molar-refractivity contribution is 8.67. The van der Waals surface area contributed by atoms with Crippen LogP contribution in [0.5, 0.6) is 0 Å². The third-order valence-corrected chi connectivity index (χ3v) is 11.9. The summed E-state index contributed by atoms with van der Waals surface area (Å²) >= 11 is 0. The van der Waals surface area contributed by atoms with Gasteiger partial charge in [-0.15, -0.1) is 0 Å². The monoisotopic (exact) mass is 559 g/mol. The molecule has 0 radical (unpaired) electrons. The number of rotatable bonds is 7. The van der Waals surface area contributed by atoms with Gasteiger partial charge in [-0.3, -0.25) is 9.78 Å². The van der Waals surface area contributed by atoms with Gasteiger partial charge in [0.2, 0.25) is 5.78 Å². The molecule has 0 unspecified atom stereocenters. The maximum absolute atomic E-state index is 13.2. The summed E-state index contributed by atoms with van der Waals surface area (Å²) in [5.74, 6) is -0.739. The SMILES string of the molecule is Cc1cc(N(C)CCS(=O)(=O)S(=O)(=O)c2cccc3ccccc23)ccc1N=C1C=CC(=O)c2ncccc21. The van der Waals surface area contributed by atoms with E-state index in [0.717, 1.165) is 5.56 Å². The Hall–Kier alpha value is -4.15. The van der Waals surface area contributed by atoms with Crippen molar-refractivity contribution in [2.75, 3.05) is 24.2 Å². The molecule has 1 heterocycles. The molecule has 10 heteroatoms. The van der Waals surface area contributed by atoms with Crippen molar-refractivity contribution in [1.82, 2.24) is 4.98 Å². The summed E-state index contributed by atoms with van der Waals surface area (Å²) in [5.41, 5.74) is 3.85. The van der Waals surface area contributed by atoms with E-state index < -0.39 is 23.5 Å². The molecule has 8 nitrogen and oxygen atoms in total. The van der Waals surface area contributed by atoms with Crippen LogP contribution in [-0.2, 0) is 17.7 Å². The number of anilines is 1. The Bertz CT molecular complexity index is 1890. The first-order valence-corrected chi connectivity index (χ1v) is 15.8. The number of allylic oxidation sites excluding steroid dienone is 2. The van der Waals surface area contributed by atoms with Gasteiger partial charge < -0.3 is 4.90 Å². The zero-order chi connectivity index (χ0) is 27.8. The molecule has 0 fully saturated rings. The molecular weight excluding hydrogens is 534 g/mol. The minimum Gasteiger partial charge on any atom is -0.374 e. The lowest BCUT2D eigenvalue weighted by Crippen LogP contribution is -2.29. The van der Waals surface area contributed by atoms with Crippen molar-refractivity contribution >= 4 is 51.4 Å². The van der Waals surface area contributed by atoms with E-state index in [1.807, 2.05) is 13.0 Å². The lowest BCUT2D eigenvalue weighted by molar-refractivity contribution is 0.104. The molecule has 0 N–H and O–H groups in total. The second kappa shape index (κ2) is 10.2. The summed E-state index contributed by atoms with van der Waals surface area (Å²) in [5, 5.41) is 1.03. The summed E-state index contributed by atoms with van der Waals surface area (Å²) in [6, 6.07) is 20.4. The van der Waals surface area contributed by atoms with E-state index >= 15 is 0 Å². The molecule has 5 rings (SSSR count). The van der Waals surface area contributed by atoms with Crippen molar-refractivity contribution in [3.8, 4) is 0 Å². The number of aliphatic imine (C=N–C) groups is 1. The number of pyridine rings is 1. The van der Waals surface area contributed by atoms with Crippen LogP contribution in [0.4, 0.5) is 11.4 Å². The number of ketones is 1. The van der Waals surface area contributed by atoms with Crippen LogP contribution in [0.25, 0.3) is 10.8 Å². The zero-order valence-electron chi connectivity index (χ0n) is 21.3. The predicted molar refractivity (Wildman–Crippen MR) is 153 cm³/mol. The third-order valence-electron chi connectivity index (χ3n) is 6.60. The largest absolute Gasteiger partial charge is 0.374 e. The van der Waals surface area contributed by atoms with Crippen LogP contribution < -0.4 is 4.90 Å². The molecule has 1 aliphatic rings. The second-order valence-corrected chi connectivity index (χ2v) is 14.9. The predicted octanol–water partition coefficient (Wildman–Crippen LogP) is 4.66. The molecule has 1 aromatic heterocycles. The van der Waals surface area contributed by atoms with E-state index in [-0.39, 0.29) is 17.2 Å². The van der Waals surface area contributed by atoms with Gasteiger partial charge in [-0.2, -0.15) is 0 Å². The summed E-state index contributed by atoms with van der Waals surface area (Å²) in [6.07, 6.45) is 4.67. The van der Waals surface area contributed by atoms with E-state index in [0.29, 0.717) is 39.1 Å². The molecule has 0 aliphatic heterocycles. The van der Waals surface area contributed by atoms with Crippen molar-refractivity contribution < 1.29 is 21.6 Å². The Morgan fingerprint density at radius 2 is 1.67 bits per heavy atom. The van der Waals surface area contributed by atoms with E-state index in [1.54, 1.807) is 84.9 Å². The molecule has 0 amide bonds. The van der Waals surface area contributed by atoms with Crippen molar-refractivity contribution in [2.24, 2.45) is 4.99 Å². The number of carbonyl (C=O) groups excluding carboxylic acids is 1. The van der Waals surface area contributed by atoms with E-state index in [2.05, 4.69) is 4.98 Å². The molecule has 0 saturated heterocycles. The fourth-order valence-electron chi connectivity index (χ4n) is 4.40. The van der Waals surface area contributed by atoms with Crippen LogP contribution in [0.15, 0.2) is 101 Å². The smallest absolute Gasteiger partial charge is 0.282 e. The van der Waals surface area contributed by atoms with E-state index in [4.69, 9.17) is 4.99 Å². The van der Waals surface area contributed by atoms with Gasteiger partial charge in [0, 0.05) is 36.4 Å². The number of carbonyl (C=O) groups is 1. The Kier molecular flexibility index (Phi) is 6.92. The standard InChI is InChI=1S/C29H25N3O5S2/c1-20-19-22(12-13-25(20)31-26-14-15-27(33)29-24(26)10-6-16-30-29)32(2)17-18-38(34,35)39(36,37)28-11-5-8-21-7-3-4-9-23(21)28/h3-16,19H,17-18H2,1-2H3. The summed E-state index contributed by atoms with van der Waals surface area (Å²) < 4.78 is 52.4. The van der Waals surface area contributed by atoms with Gasteiger partial charge in [0.15, 0.2) is 0 Å². The number of hydrogen-bond donors (Lipinski definition) is 0. The van der Waals surface area contributed by atoms with Gasteiger partial charge in [0.05, 0.1) is 22.0 Å². The number of aryl methyl sites for hydroxylation is 1. The molecule has 3 aromatic carbocycles. The first kappa shape index (κ1) is 26.5.